The number of hydrogen-bond acceptors (Lipinski definition) is 8. The van der Waals surface area contributed by atoms with E-state index in [0.717, 1.165) is 147 Å². The Bertz CT molecular complexity index is 5870. The second-order valence-corrected chi connectivity index (χ2v) is 42.2. The van der Waals surface area contributed by atoms with Gasteiger partial charge in [0.05, 0.1) is 22.6 Å². The summed E-state index contributed by atoms with van der Waals surface area (Å²) in [5.74, 6) is 1.32. The second kappa shape index (κ2) is 28.0. The van der Waals surface area contributed by atoms with Crippen LogP contribution in [0.2, 0.25) is 5.54 Å². The predicted octanol–water partition coefficient (Wildman–Crippen LogP) is 18.3. The number of nitrogens with zero attached hydrogens (tertiary/aromatic N) is 7. The number of rotatable bonds is 12. The molecule has 12 aliphatic rings. The summed E-state index contributed by atoms with van der Waals surface area (Å²) in [6, 6.07) is 66.1. The van der Waals surface area contributed by atoms with Crippen LogP contribution in [0.5, 0.6) is 0 Å². The number of benzene rings is 6. The van der Waals surface area contributed by atoms with Crippen LogP contribution in [0.3, 0.4) is 0 Å². The Morgan fingerprint density at radius 1 is 0.627 bits per heavy atom. The smallest absolute Gasteiger partial charge is 0.0752 e. The molecular weight excluding hydrogens is 1370 g/mol. The molecule has 110 heavy (non-hydrogen) atoms. The molecule has 9 unspecified atom stereocenters. The van der Waals surface area contributed by atoms with Crippen LogP contribution < -0.4 is 36.6 Å². The van der Waals surface area contributed by atoms with Gasteiger partial charge in [-0.1, -0.05) is 132 Å². The van der Waals surface area contributed by atoms with Crippen LogP contribution in [0.1, 0.15) is 184 Å². The number of hydrogen-bond donors (Lipinski definition) is 1. The average molecular weight is 1470 g/mol. The first-order chi connectivity index (χ1) is 54.3. The Hall–Kier alpha value is -10.2. The number of fused-ring (bicyclic) bond motifs is 10. The van der Waals surface area contributed by atoms with Gasteiger partial charge in [-0.2, -0.15) is 0 Å². The molecule has 0 spiro atoms. The zero-order valence-electron chi connectivity index (χ0n) is 63.4. The molecular formula is C100H95N8Si2-. The topological polar surface area (TPSA) is 100 Å². The summed E-state index contributed by atoms with van der Waals surface area (Å²) in [6.45, 7) is 6.48. The minimum atomic E-state index is -3.13. The fourth-order valence-corrected chi connectivity index (χ4v) is 35.2. The van der Waals surface area contributed by atoms with Crippen molar-refractivity contribution >= 4 is 71.0 Å². The van der Waals surface area contributed by atoms with E-state index in [-0.39, 0.29) is 30.0 Å². The van der Waals surface area contributed by atoms with Crippen molar-refractivity contribution in [2.45, 2.75) is 159 Å². The Balaban J connectivity index is 0.589. The van der Waals surface area contributed by atoms with E-state index in [1.807, 2.05) is 12.3 Å². The quantitative estimate of drug-likeness (QED) is 0.0973. The molecule has 0 radical (unpaired) electrons. The fourth-order valence-electron chi connectivity index (χ4n) is 22.4. The summed E-state index contributed by atoms with van der Waals surface area (Å²) in [5.41, 5.74) is 25.8. The van der Waals surface area contributed by atoms with Crippen LogP contribution in [-0.2, 0) is 6.42 Å². The number of pyridine rings is 3. The van der Waals surface area contributed by atoms with Crippen molar-refractivity contribution < 1.29 is 0 Å². The third-order valence-electron chi connectivity index (χ3n) is 27.7. The SMILES string of the molecule is CC1=CC2=C(CC1)[Si](c1cccc(-c3ccccn3)c1)(c1cccc(C3CC=CCN3)c1)C1=C2CC(c2ccc3ccc4c(c3n2)=NC(c2cccc(-c3ccc5c(n3)C3N=C(C6=CC7c8cc(C)ccc8[SiH-](C8=CCCC(C9=NC=CCC9)C8)(c8cccc(C9=NCCCC9)c8)C7C=C6)CCC3CC5)c2)CC=4)C=C1. The van der Waals surface area contributed by atoms with E-state index in [2.05, 4.69) is 256 Å². The summed E-state index contributed by atoms with van der Waals surface area (Å²) in [5, 5.41) is 18.1. The first kappa shape index (κ1) is 67.8. The number of aromatic nitrogens is 3. The molecule has 6 aromatic carbocycles. The molecule has 10 heteroatoms. The Morgan fingerprint density at radius 3 is 2.40 bits per heavy atom. The van der Waals surface area contributed by atoms with Gasteiger partial charge in [-0.15, -0.1) is 0 Å². The molecule has 0 bridgehead atoms. The maximum absolute atomic E-state index is 5.93. The van der Waals surface area contributed by atoms with E-state index >= 15 is 0 Å². The van der Waals surface area contributed by atoms with Gasteiger partial charge in [-0.25, -0.2) is 4.98 Å². The second-order valence-electron chi connectivity index (χ2n) is 33.8. The van der Waals surface area contributed by atoms with Crippen LogP contribution in [-0.4, -0.2) is 61.3 Å². The van der Waals surface area contributed by atoms with Gasteiger partial charge in [0.25, 0.3) is 0 Å². The van der Waals surface area contributed by atoms with Gasteiger partial charge in [0.2, 0.25) is 0 Å². The summed E-state index contributed by atoms with van der Waals surface area (Å²) < 4.78 is 0. The van der Waals surface area contributed by atoms with Crippen molar-refractivity contribution in [3.05, 3.63) is 336 Å². The van der Waals surface area contributed by atoms with E-state index in [0.29, 0.717) is 17.4 Å². The zero-order valence-corrected chi connectivity index (χ0v) is 65.6. The molecule has 0 saturated carbocycles. The van der Waals surface area contributed by atoms with Crippen LogP contribution >= 0.6 is 0 Å². The van der Waals surface area contributed by atoms with Crippen molar-refractivity contribution in [1.82, 2.24) is 20.3 Å². The Labute approximate surface area is 649 Å². The normalized spacial score (nSPS) is 26.4. The van der Waals surface area contributed by atoms with Gasteiger partial charge in [0, 0.05) is 41.3 Å². The van der Waals surface area contributed by atoms with Gasteiger partial charge < -0.3 is 5.32 Å². The molecule has 1 N–H and O–H groups in total. The minimum absolute atomic E-state index is 0.0217. The summed E-state index contributed by atoms with van der Waals surface area (Å²) in [7, 11) is -5.95. The fraction of sp³-hybridized carbons (Fsp3) is 0.290. The molecule has 5 aliphatic carbocycles. The van der Waals surface area contributed by atoms with E-state index in [1.54, 1.807) is 26.3 Å². The first-order valence-electron chi connectivity index (χ1n) is 41.5. The first-order valence-corrected chi connectivity index (χ1v) is 45.9. The van der Waals surface area contributed by atoms with Crippen molar-refractivity contribution in [2.75, 3.05) is 13.1 Å². The summed E-state index contributed by atoms with van der Waals surface area (Å²) in [4.78, 5) is 38.3. The van der Waals surface area contributed by atoms with E-state index in [9.17, 15) is 0 Å². The van der Waals surface area contributed by atoms with E-state index in [1.165, 1.54) is 113 Å². The molecule has 0 fully saturated rings. The number of aryl methyl sites for hydroxylation is 2. The van der Waals surface area contributed by atoms with Gasteiger partial charge in [-0.05, 0) is 100 Å². The van der Waals surface area contributed by atoms with Crippen LogP contribution in [0.4, 0.5) is 0 Å². The number of allylic oxidation sites excluding steroid dienone is 15. The van der Waals surface area contributed by atoms with Gasteiger partial charge in [0.1, 0.15) is 0 Å². The van der Waals surface area contributed by atoms with Crippen molar-refractivity contribution in [3.8, 4) is 22.5 Å². The van der Waals surface area contributed by atoms with Crippen molar-refractivity contribution in [3.63, 3.8) is 0 Å². The molecule has 10 heterocycles. The maximum atomic E-state index is 5.93. The molecule has 544 valence electrons. The zero-order chi connectivity index (χ0) is 73.0. The molecule has 21 rings (SSSR count). The standard InChI is InChI=1S/C100H95N8Si2/c1-63-30-46-93-81(54-63)83-61-75(40-48-95(83)109(93,77-22-12-18-71(57-77)85-26-3-7-50-101-85)78-23-13-19-72(58-78)86-27-4-8-51-102-86)91-44-38-67-34-32-65-36-42-89(105-97(65)99(67)107-91)69-16-11-17-70(56-69)90-43-37-66-33-35-68-39-45-92(108-100(68)98(66)106-90)76-41-49-96-84(62-76)82-55-64(2)31-47-94(82)110(96,79-24-14-20-73(59-79)87-28-5-9-52-103-87)80-25-15-21-74(60-80)88-29-6-10-53-104-88/h3-4,7-9,11-13,15-19,21-26,31-32,34,36-38,40-41,43-44,47-50,52,54-58,60,62,68,73,75,84,86,89,96,100,102,110H,5-6,10,14,20,27-30,33,35,39,42,45-46,51,53,59,61H2,1-2H3/q-1. The predicted molar refractivity (Wildman–Crippen MR) is 459 cm³/mol. The average Bonchev–Trinajstić information content (AvgIpc) is 1.53. The summed E-state index contributed by atoms with van der Waals surface area (Å²) in [6.07, 6.45) is 49.8. The Kier molecular flexibility index (Phi) is 17.2. The third kappa shape index (κ3) is 11.5. The van der Waals surface area contributed by atoms with Crippen LogP contribution in [0.25, 0.3) is 39.5 Å². The number of aliphatic imine (C=N–C) groups is 3. The Morgan fingerprint density at radius 2 is 1.51 bits per heavy atom. The third-order valence-corrected chi connectivity index (χ3v) is 39.1. The van der Waals surface area contributed by atoms with Crippen LogP contribution in [0.15, 0.2) is 301 Å². The van der Waals surface area contributed by atoms with Crippen molar-refractivity contribution in [1.29, 1.82) is 0 Å². The number of nitrogens with one attached hydrogen (secondary N) is 1. The van der Waals surface area contributed by atoms with Gasteiger partial charge in [-0.3, -0.25) is 9.98 Å². The minimum Gasteiger partial charge on any atom is -0.0752 e. The molecule has 7 aliphatic heterocycles. The molecule has 3 aromatic heterocycles. The van der Waals surface area contributed by atoms with E-state index in [4.69, 9.17) is 34.9 Å². The molecule has 0 saturated heterocycles. The van der Waals surface area contributed by atoms with Crippen molar-refractivity contribution in [2.24, 2.45) is 31.8 Å². The van der Waals surface area contributed by atoms with Gasteiger partial charge >= 0.3 is 329 Å². The molecule has 8 nitrogen and oxygen atoms in total. The summed E-state index contributed by atoms with van der Waals surface area (Å²) >= 11 is 0. The van der Waals surface area contributed by atoms with Crippen LogP contribution in [0, 0.1) is 18.8 Å². The molecule has 9 aromatic rings. The van der Waals surface area contributed by atoms with Gasteiger partial charge in [0.15, 0.2) is 8.07 Å². The van der Waals surface area contributed by atoms with E-state index < -0.39 is 16.1 Å². The molecule has 0 amide bonds. The molecule has 9 atom stereocenters. The monoisotopic (exact) mass is 1460 g/mol.